The van der Waals surface area contributed by atoms with E-state index in [0.29, 0.717) is 6.54 Å². The Morgan fingerprint density at radius 1 is 1.24 bits per heavy atom. The number of nitrogens with zero attached hydrogens (tertiary/aromatic N) is 1. The molecule has 92 valence electrons. The van der Waals surface area contributed by atoms with Gasteiger partial charge in [0.05, 0.1) is 0 Å². The molecule has 0 fully saturated rings. The van der Waals surface area contributed by atoms with Crippen LogP contribution in [0, 0.1) is 6.92 Å². The molecule has 17 heavy (non-hydrogen) atoms. The summed E-state index contributed by atoms with van der Waals surface area (Å²) in [5.74, 6) is 0. The van der Waals surface area contributed by atoms with Gasteiger partial charge in [0.25, 0.3) is 0 Å². The Labute approximate surface area is 103 Å². The SMILES string of the molecule is Cc1cn(CCN)c2ccc(C(C)(C)C)cc12. The molecule has 0 radical (unpaired) electrons. The van der Waals surface area contributed by atoms with E-state index in [4.69, 9.17) is 5.73 Å². The summed E-state index contributed by atoms with van der Waals surface area (Å²) in [5, 5.41) is 1.35. The molecule has 0 aliphatic heterocycles. The summed E-state index contributed by atoms with van der Waals surface area (Å²) in [4.78, 5) is 0. The van der Waals surface area contributed by atoms with Crippen molar-refractivity contribution in [3.8, 4) is 0 Å². The van der Waals surface area contributed by atoms with Crippen molar-refractivity contribution in [3.05, 3.63) is 35.5 Å². The third-order valence-corrected chi connectivity index (χ3v) is 3.32. The molecule has 2 rings (SSSR count). The monoisotopic (exact) mass is 230 g/mol. The van der Waals surface area contributed by atoms with Gasteiger partial charge in [0, 0.05) is 30.2 Å². The first kappa shape index (κ1) is 12.2. The lowest BCUT2D eigenvalue weighted by atomic mass is 9.86. The minimum Gasteiger partial charge on any atom is -0.346 e. The molecule has 2 heteroatoms. The van der Waals surface area contributed by atoms with Gasteiger partial charge in [-0.3, -0.25) is 0 Å². The maximum Gasteiger partial charge on any atom is 0.0483 e. The van der Waals surface area contributed by atoms with Crippen LogP contribution < -0.4 is 5.73 Å². The molecular formula is C15H22N2. The van der Waals surface area contributed by atoms with Crippen molar-refractivity contribution >= 4 is 10.9 Å². The zero-order valence-electron chi connectivity index (χ0n) is 11.2. The van der Waals surface area contributed by atoms with E-state index < -0.39 is 0 Å². The summed E-state index contributed by atoms with van der Waals surface area (Å²) in [6.07, 6.45) is 2.20. The van der Waals surface area contributed by atoms with Gasteiger partial charge in [0.2, 0.25) is 0 Å². The molecule has 0 saturated carbocycles. The van der Waals surface area contributed by atoms with Gasteiger partial charge < -0.3 is 10.3 Å². The van der Waals surface area contributed by atoms with Crippen molar-refractivity contribution in [3.63, 3.8) is 0 Å². The average Bonchev–Trinajstić information content (AvgIpc) is 2.55. The highest BCUT2D eigenvalue weighted by molar-refractivity contribution is 5.84. The fourth-order valence-electron chi connectivity index (χ4n) is 2.27. The van der Waals surface area contributed by atoms with Crippen LogP contribution in [0.3, 0.4) is 0 Å². The quantitative estimate of drug-likeness (QED) is 0.844. The second-order valence-corrected chi connectivity index (χ2v) is 5.78. The van der Waals surface area contributed by atoms with Crippen molar-refractivity contribution in [1.82, 2.24) is 4.57 Å². The van der Waals surface area contributed by atoms with E-state index in [0.717, 1.165) is 6.54 Å². The number of benzene rings is 1. The van der Waals surface area contributed by atoms with Crippen LogP contribution in [0.1, 0.15) is 31.9 Å². The molecule has 2 N–H and O–H groups in total. The van der Waals surface area contributed by atoms with Crippen molar-refractivity contribution < 1.29 is 0 Å². The maximum absolute atomic E-state index is 5.64. The van der Waals surface area contributed by atoms with Crippen LogP contribution in [0.4, 0.5) is 0 Å². The summed E-state index contributed by atoms with van der Waals surface area (Å²) in [6.45, 7) is 10.5. The molecule has 0 spiro atoms. The number of rotatable bonds is 2. The highest BCUT2D eigenvalue weighted by Gasteiger charge is 2.15. The minimum absolute atomic E-state index is 0.205. The van der Waals surface area contributed by atoms with E-state index >= 15 is 0 Å². The number of hydrogen-bond donors (Lipinski definition) is 1. The molecule has 0 aliphatic rings. The molecule has 0 amide bonds. The fraction of sp³-hybridized carbons (Fsp3) is 0.467. The molecule has 1 aromatic carbocycles. The predicted octanol–water partition coefficient (Wildman–Crippen LogP) is 3.21. The van der Waals surface area contributed by atoms with Crippen molar-refractivity contribution in [2.24, 2.45) is 5.73 Å². The normalized spacial score (nSPS) is 12.3. The second kappa shape index (κ2) is 4.19. The van der Waals surface area contributed by atoms with Crippen LogP contribution in [0.2, 0.25) is 0 Å². The van der Waals surface area contributed by atoms with Crippen LogP contribution in [0.15, 0.2) is 24.4 Å². The summed E-state index contributed by atoms with van der Waals surface area (Å²) >= 11 is 0. The van der Waals surface area contributed by atoms with Crippen molar-refractivity contribution in [1.29, 1.82) is 0 Å². The summed E-state index contributed by atoms with van der Waals surface area (Å²) in [6, 6.07) is 6.77. The Kier molecular flexibility index (Phi) is 3.00. The van der Waals surface area contributed by atoms with Gasteiger partial charge in [-0.15, -0.1) is 0 Å². The number of nitrogens with two attached hydrogens (primary N) is 1. The van der Waals surface area contributed by atoms with Gasteiger partial charge >= 0.3 is 0 Å². The van der Waals surface area contributed by atoms with E-state index in [-0.39, 0.29) is 5.41 Å². The van der Waals surface area contributed by atoms with Crippen LogP contribution in [-0.4, -0.2) is 11.1 Å². The van der Waals surface area contributed by atoms with E-state index in [1.807, 2.05) is 0 Å². The smallest absolute Gasteiger partial charge is 0.0483 e. The first-order chi connectivity index (χ1) is 7.93. The first-order valence-corrected chi connectivity index (χ1v) is 6.23. The Bertz CT molecular complexity index is 530. The number of aromatic nitrogens is 1. The average molecular weight is 230 g/mol. The Morgan fingerprint density at radius 3 is 2.53 bits per heavy atom. The lowest BCUT2D eigenvalue weighted by molar-refractivity contribution is 0.591. The van der Waals surface area contributed by atoms with Gasteiger partial charge in [0.1, 0.15) is 0 Å². The summed E-state index contributed by atoms with van der Waals surface area (Å²) in [7, 11) is 0. The molecule has 0 aliphatic carbocycles. The highest BCUT2D eigenvalue weighted by Crippen LogP contribution is 2.28. The van der Waals surface area contributed by atoms with Crippen LogP contribution >= 0.6 is 0 Å². The molecule has 1 heterocycles. The minimum atomic E-state index is 0.205. The molecule has 0 unspecified atom stereocenters. The second-order valence-electron chi connectivity index (χ2n) is 5.78. The zero-order chi connectivity index (χ0) is 12.6. The van der Waals surface area contributed by atoms with Crippen LogP contribution in [0.5, 0.6) is 0 Å². The van der Waals surface area contributed by atoms with Gasteiger partial charge in [-0.05, 0) is 35.6 Å². The van der Waals surface area contributed by atoms with Gasteiger partial charge in [-0.25, -0.2) is 0 Å². The standard InChI is InChI=1S/C15H22N2/c1-11-10-17(8-7-16)14-6-5-12(9-13(11)14)15(2,3)4/h5-6,9-10H,7-8,16H2,1-4H3. The summed E-state index contributed by atoms with van der Waals surface area (Å²) in [5.41, 5.74) is 9.86. The largest absolute Gasteiger partial charge is 0.346 e. The molecule has 0 atom stereocenters. The van der Waals surface area contributed by atoms with E-state index in [1.165, 1.54) is 22.0 Å². The molecule has 2 aromatic rings. The van der Waals surface area contributed by atoms with Gasteiger partial charge in [-0.1, -0.05) is 26.8 Å². The molecule has 0 bridgehead atoms. The van der Waals surface area contributed by atoms with Crippen molar-refractivity contribution in [2.45, 2.75) is 39.7 Å². The molecule has 2 nitrogen and oxygen atoms in total. The third kappa shape index (κ3) is 2.22. The van der Waals surface area contributed by atoms with Crippen LogP contribution in [0.25, 0.3) is 10.9 Å². The van der Waals surface area contributed by atoms with Gasteiger partial charge in [-0.2, -0.15) is 0 Å². The Balaban J connectivity index is 2.59. The molecule has 1 aromatic heterocycles. The topological polar surface area (TPSA) is 30.9 Å². The number of hydrogen-bond acceptors (Lipinski definition) is 1. The van der Waals surface area contributed by atoms with Crippen molar-refractivity contribution in [2.75, 3.05) is 6.54 Å². The number of fused-ring (bicyclic) bond motifs is 1. The first-order valence-electron chi connectivity index (χ1n) is 6.23. The molecule has 0 saturated heterocycles. The Morgan fingerprint density at radius 2 is 1.94 bits per heavy atom. The number of aryl methyl sites for hydroxylation is 1. The third-order valence-electron chi connectivity index (χ3n) is 3.32. The van der Waals surface area contributed by atoms with E-state index in [9.17, 15) is 0 Å². The Hall–Kier alpha value is -1.28. The van der Waals surface area contributed by atoms with Gasteiger partial charge in [0.15, 0.2) is 0 Å². The van der Waals surface area contributed by atoms with E-state index in [1.54, 1.807) is 0 Å². The zero-order valence-corrected chi connectivity index (χ0v) is 11.2. The lowest BCUT2D eigenvalue weighted by Gasteiger charge is -2.19. The predicted molar refractivity (Wildman–Crippen MR) is 74.4 cm³/mol. The molecular weight excluding hydrogens is 208 g/mol. The highest BCUT2D eigenvalue weighted by atomic mass is 15.0. The van der Waals surface area contributed by atoms with E-state index in [2.05, 4.69) is 56.7 Å². The lowest BCUT2D eigenvalue weighted by Crippen LogP contribution is -2.11. The maximum atomic E-state index is 5.64. The van der Waals surface area contributed by atoms with Crippen LogP contribution in [-0.2, 0) is 12.0 Å². The fourth-order valence-corrected chi connectivity index (χ4v) is 2.27. The summed E-state index contributed by atoms with van der Waals surface area (Å²) < 4.78 is 2.25.